The van der Waals surface area contributed by atoms with Crippen molar-refractivity contribution in [2.75, 3.05) is 0 Å². The van der Waals surface area contributed by atoms with Gasteiger partial charge in [0.25, 0.3) is 0 Å². The second-order valence-electron chi connectivity index (χ2n) is 3.27. The van der Waals surface area contributed by atoms with E-state index >= 15 is 0 Å². The number of carbonyl (C=O) groups excluding carboxylic acids is 1. The first-order chi connectivity index (χ1) is 5.63. The molecule has 1 rings (SSSR count). The Morgan fingerprint density at radius 2 is 2.25 bits per heavy atom. The van der Waals surface area contributed by atoms with Gasteiger partial charge >= 0.3 is 0 Å². The lowest BCUT2D eigenvalue weighted by Crippen LogP contribution is -1.96. The molecule has 0 atom stereocenters. The van der Waals surface area contributed by atoms with E-state index in [-0.39, 0.29) is 0 Å². The number of rotatable bonds is 3. The van der Waals surface area contributed by atoms with E-state index in [4.69, 9.17) is 0 Å². The third-order valence-electron chi connectivity index (χ3n) is 1.61. The van der Waals surface area contributed by atoms with Crippen LogP contribution < -0.4 is 0 Å². The summed E-state index contributed by atoms with van der Waals surface area (Å²) in [4.78, 5) is 15.8. The summed E-state index contributed by atoms with van der Waals surface area (Å²) in [5, 5.41) is 0.600. The van der Waals surface area contributed by atoms with Crippen LogP contribution in [0.2, 0.25) is 0 Å². The van der Waals surface area contributed by atoms with Gasteiger partial charge in [-0.05, 0) is 19.3 Å². The SMILES string of the molecule is Cc1sc(C=O)nc1CC(C)C. The van der Waals surface area contributed by atoms with Crippen LogP contribution in [0.5, 0.6) is 0 Å². The minimum atomic E-state index is 0.600. The highest BCUT2D eigenvalue weighted by Gasteiger charge is 2.07. The molecule has 1 heterocycles. The van der Waals surface area contributed by atoms with Crippen LogP contribution in [-0.4, -0.2) is 11.3 Å². The Bertz CT molecular complexity index is 278. The van der Waals surface area contributed by atoms with Gasteiger partial charge in [0.2, 0.25) is 0 Å². The van der Waals surface area contributed by atoms with Gasteiger partial charge in [-0.2, -0.15) is 0 Å². The zero-order valence-corrected chi connectivity index (χ0v) is 8.44. The lowest BCUT2D eigenvalue weighted by Gasteiger charge is -2.00. The van der Waals surface area contributed by atoms with Crippen LogP contribution in [0.3, 0.4) is 0 Å². The van der Waals surface area contributed by atoms with Gasteiger partial charge in [0.15, 0.2) is 11.3 Å². The molecule has 0 aliphatic heterocycles. The first kappa shape index (κ1) is 9.39. The van der Waals surface area contributed by atoms with E-state index in [1.807, 2.05) is 6.92 Å². The minimum absolute atomic E-state index is 0.600. The van der Waals surface area contributed by atoms with Crippen LogP contribution in [0.4, 0.5) is 0 Å². The lowest BCUT2D eigenvalue weighted by atomic mass is 10.1. The molecule has 0 unspecified atom stereocenters. The molecule has 66 valence electrons. The van der Waals surface area contributed by atoms with E-state index < -0.39 is 0 Å². The third kappa shape index (κ3) is 2.14. The average Bonchev–Trinajstić information content (AvgIpc) is 2.31. The normalized spacial score (nSPS) is 10.7. The summed E-state index contributed by atoms with van der Waals surface area (Å²) in [6, 6.07) is 0. The number of hydrogen-bond donors (Lipinski definition) is 0. The van der Waals surface area contributed by atoms with Crippen molar-refractivity contribution in [3.05, 3.63) is 15.6 Å². The molecule has 0 aliphatic carbocycles. The van der Waals surface area contributed by atoms with Crippen molar-refractivity contribution in [3.8, 4) is 0 Å². The highest BCUT2D eigenvalue weighted by atomic mass is 32.1. The summed E-state index contributed by atoms with van der Waals surface area (Å²) >= 11 is 1.48. The van der Waals surface area contributed by atoms with Gasteiger partial charge in [-0.15, -0.1) is 11.3 Å². The van der Waals surface area contributed by atoms with E-state index in [9.17, 15) is 4.79 Å². The van der Waals surface area contributed by atoms with E-state index in [1.54, 1.807) is 0 Å². The van der Waals surface area contributed by atoms with Crippen molar-refractivity contribution in [2.24, 2.45) is 5.92 Å². The summed E-state index contributed by atoms with van der Waals surface area (Å²) in [6.07, 6.45) is 1.79. The van der Waals surface area contributed by atoms with Crippen molar-refractivity contribution in [1.82, 2.24) is 4.98 Å². The second kappa shape index (κ2) is 3.81. The molecule has 0 radical (unpaired) electrons. The number of aromatic nitrogens is 1. The molecule has 1 aromatic rings. The summed E-state index contributed by atoms with van der Waals surface area (Å²) in [5.74, 6) is 0.602. The summed E-state index contributed by atoms with van der Waals surface area (Å²) < 4.78 is 0. The number of carbonyl (C=O) groups is 1. The van der Waals surface area contributed by atoms with E-state index in [2.05, 4.69) is 18.8 Å². The summed E-state index contributed by atoms with van der Waals surface area (Å²) in [6.45, 7) is 6.32. The molecule has 12 heavy (non-hydrogen) atoms. The monoisotopic (exact) mass is 183 g/mol. The van der Waals surface area contributed by atoms with Gasteiger partial charge in [0, 0.05) is 4.88 Å². The van der Waals surface area contributed by atoms with Gasteiger partial charge in [-0.25, -0.2) is 4.98 Å². The van der Waals surface area contributed by atoms with E-state index in [1.165, 1.54) is 16.2 Å². The molecule has 0 spiro atoms. The predicted octanol–water partition coefficient (Wildman–Crippen LogP) is 2.46. The van der Waals surface area contributed by atoms with E-state index in [0.29, 0.717) is 10.9 Å². The third-order valence-corrected chi connectivity index (χ3v) is 2.55. The van der Waals surface area contributed by atoms with Gasteiger partial charge in [-0.3, -0.25) is 4.79 Å². The zero-order chi connectivity index (χ0) is 9.14. The number of hydrogen-bond acceptors (Lipinski definition) is 3. The lowest BCUT2D eigenvalue weighted by molar-refractivity contribution is 0.112. The number of thiazole rings is 1. The summed E-state index contributed by atoms with van der Waals surface area (Å²) in [5.41, 5.74) is 1.08. The highest BCUT2D eigenvalue weighted by Crippen LogP contribution is 2.18. The van der Waals surface area contributed by atoms with Crippen molar-refractivity contribution in [3.63, 3.8) is 0 Å². The molecule has 0 saturated carbocycles. The Morgan fingerprint density at radius 1 is 1.58 bits per heavy atom. The van der Waals surface area contributed by atoms with Gasteiger partial charge in [-0.1, -0.05) is 13.8 Å². The first-order valence-electron chi connectivity index (χ1n) is 4.05. The Morgan fingerprint density at radius 3 is 2.67 bits per heavy atom. The molecule has 0 bridgehead atoms. The Balaban J connectivity index is 2.84. The molecule has 0 fully saturated rings. The zero-order valence-electron chi connectivity index (χ0n) is 7.63. The van der Waals surface area contributed by atoms with Gasteiger partial charge < -0.3 is 0 Å². The average molecular weight is 183 g/mol. The first-order valence-corrected chi connectivity index (χ1v) is 4.86. The highest BCUT2D eigenvalue weighted by molar-refractivity contribution is 7.13. The number of aldehydes is 1. The molecule has 0 aliphatic rings. The quantitative estimate of drug-likeness (QED) is 0.674. The maximum absolute atomic E-state index is 10.4. The largest absolute Gasteiger partial charge is 0.295 e. The van der Waals surface area contributed by atoms with Crippen LogP contribution in [0.1, 0.15) is 34.2 Å². The van der Waals surface area contributed by atoms with Crippen LogP contribution in [0.15, 0.2) is 0 Å². The van der Waals surface area contributed by atoms with Crippen molar-refractivity contribution < 1.29 is 4.79 Å². The van der Waals surface area contributed by atoms with Gasteiger partial charge in [0.05, 0.1) is 5.69 Å². The maximum atomic E-state index is 10.4. The van der Waals surface area contributed by atoms with Crippen LogP contribution in [-0.2, 0) is 6.42 Å². The number of nitrogens with zero attached hydrogens (tertiary/aromatic N) is 1. The smallest absolute Gasteiger partial charge is 0.178 e. The standard InChI is InChI=1S/C9H13NOS/c1-6(2)4-8-7(3)12-9(5-11)10-8/h5-6H,4H2,1-3H3. The molecule has 1 aromatic heterocycles. The molecule has 0 saturated heterocycles. The van der Waals surface area contributed by atoms with Gasteiger partial charge in [0.1, 0.15) is 0 Å². The fourth-order valence-electron chi connectivity index (χ4n) is 1.08. The summed E-state index contributed by atoms with van der Waals surface area (Å²) in [7, 11) is 0. The topological polar surface area (TPSA) is 30.0 Å². The maximum Gasteiger partial charge on any atom is 0.178 e. The molecule has 2 nitrogen and oxygen atoms in total. The predicted molar refractivity (Wildman–Crippen MR) is 50.8 cm³/mol. The van der Waals surface area contributed by atoms with Crippen molar-refractivity contribution in [2.45, 2.75) is 27.2 Å². The Hall–Kier alpha value is -0.700. The number of aryl methyl sites for hydroxylation is 1. The second-order valence-corrected chi connectivity index (χ2v) is 4.51. The van der Waals surface area contributed by atoms with E-state index in [0.717, 1.165) is 18.4 Å². The molecule has 0 amide bonds. The van der Waals surface area contributed by atoms with Crippen LogP contribution in [0.25, 0.3) is 0 Å². The minimum Gasteiger partial charge on any atom is -0.295 e. The fourth-order valence-corrected chi connectivity index (χ4v) is 1.84. The Kier molecular flexibility index (Phi) is 2.98. The van der Waals surface area contributed by atoms with Crippen LogP contribution in [0, 0.1) is 12.8 Å². The van der Waals surface area contributed by atoms with Crippen molar-refractivity contribution >= 4 is 17.6 Å². The molecular weight excluding hydrogens is 170 g/mol. The van der Waals surface area contributed by atoms with Crippen molar-refractivity contribution in [1.29, 1.82) is 0 Å². The van der Waals surface area contributed by atoms with Crippen LogP contribution >= 0.6 is 11.3 Å². The molecule has 0 N–H and O–H groups in total. The molecular formula is C9H13NOS. The molecule has 3 heteroatoms. The Labute approximate surface area is 76.6 Å². The fraction of sp³-hybridized carbons (Fsp3) is 0.556. The molecule has 0 aromatic carbocycles.